The van der Waals surface area contributed by atoms with Crippen LogP contribution in [0.15, 0.2) is 42.5 Å². The van der Waals surface area contributed by atoms with Crippen molar-refractivity contribution in [1.82, 2.24) is 0 Å². The number of ether oxygens (including phenoxy) is 3. The number of methoxy groups -OCH3 is 1. The second-order valence-corrected chi connectivity index (χ2v) is 6.96. The van der Waals surface area contributed by atoms with E-state index in [1.807, 2.05) is 24.3 Å². The molecule has 1 aliphatic rings. The summed E-state index contributed by atoms with van der Waals surface area (Å²) < 4.78 is 40.5. The van der Waals surface area contributed by atoms with E-state index in [2.05, 4.69) is 10.1 Å². The molecule has 7 heteroatoms. The summed E-state index contributed by atoms with van der Waals surface area (Å²) >= 11 is 0. The van der Waals surface area contributed by atoms with Gasteiger partial charge in [-0.25, -0.2) is 0 Å². The summed E-state index contributed by atoms with van der Waals surface area (Å²) in [6, 6.07) is 12.1. The minimum atomic E-state index is -2.98. The minimum Gasteiger partial charge on any atom is -0.493 e. The third-order valence-corrected chi connectivity index (χ3v) is 4.81. The minimum absolute atomic E-state index is 0.128. The summed E-state index contributed by atoms with van der Waals surface area (Å²) in [5.74, 6) is 0.651. The van der Waals surface area contributed by atoms with Crippen LogP contribution in [0, 0.1) is 0 Å². The molecule has 0 radical (unpaired) electrons. The third kappa shape index (κ3) is 6.34. The molecule has 1 N–H and O–H groups in total. The van der Waals surface area contributed by atoms with Crippen LogP contribution in [0.5, 0.6) is 17.2 Å². The molecule has 0 aliphatic heterocycles. The zero-order valence-electron chi connectivity index (χ0n) is 16.3. The van der Waals surface area contributed by atoms with Crippen LogP contribution in [0.1, 0.15) is 37.7 Å². The van der Waals surface area contributed by atoms with E-state index in [9.17, 15) is 13.6 Å². The van der Waals surface area contributed by atoms with Crippen molar-refractivity contribution in [2.75, 3.05) is 12.4 Å². The van der Waals surface area contributed by atoms with Gasteiger partial charge in [0.05, 0.1) is 13.2 Å². The van der Waals surface area contributed by atoms with Crippen molar-refractivity contribution in [3.63, 3.8) is 0 Å². The lowest BCUT2D eigenvalue weighted by atomic mass is 10.1. The molecule has 2 aromatic carbocycles. The van der Waals surface area contributed by atoms with Crippen molar-refractivity contribution in [2.45, 2.75) is 51.2 Å². The van der Waals surface area contributed by atoms with Crippen molar-refractivity contribution in [2.24, 2.45) is 0 Å². The van der Waals surface area contributed by atoms with Gasteiger partial charge < -0.3 is 19.5 Å². The molecule has 156 valence electrons. The number of anilines is 1. The summed E-state index contributed by atoms with van der Waals surface area (Å²) in [6.07, 6.45) is 5.68. The van der Waals surface area contributed by atoms with Gasteiger partial charge in [0.25, 0.3) is 0 Å². The number of benzene rings is 2. The topological polar surface area (TPSA) is 56.8 Å². The molecule has 1 saturated carbocycles. The van der Waals surface area contributed by atoms with E-state index in [0.717, 1.165) is 24.2 Å². The highest BCUT2D eigenvalue weighted by Crippen LogP contribution is 2.31. The van der Waals surface area contributed by atoms with Crippen LogP contribution in [0.2, 0.25) is 0 Å². The number of nitrogens with one attached hydrogen (secondary N) is 1. The van der Waals surface area contributed by atoms with Crippen LogP contribution in [-0.4, -0.2) is 25.7 Å². The van der Waals surface area contributed by atoms with Gasteiger partial charge in [-0.2, -0.15) is 8.78 Å². The van der Waals surface area contributed by atoms with Crippen molar-refractivity contribution < 1.29 is 27.8 Å². The zero-order valence-corrected chi connectivity index (χ0v) is 16.3. The monoisotopic (exact) mass is 405 g/mol. The van der Waals surface area contributed by atoms with Gasteiger partial charge in [0.1, 0.15) is 5.75 Å². The van der Waals surface area contributed by atoms with Crippen LogP contribution < -0.4 is 19.5 Å². The molecule has 0 atom stereocenters. The van der Waals surface area contributed by atoms with E-state index >= 15 is 0 Å². The zero-order chi connectivity index (χ0) is 20.6. The number of amides is 1. The highest BCUT2D eigenvalue weighted by atomic mass is 19.3. The molecule has 0 spiro atoms. The second-order valence-electron chi connectivity index (χ2n) is 6.96. The molecular formula is C22H25F2NO4. The van der Waals surface area contributed by atoms with Crippen LogP contribution in [0.4, 0.5) is 14.5 Å². The first-order valence-corrected chi connectivity index (χ1v) is 9.72. The Labute approximate surface area is 169 Å². The predicted molar refractivity (Wildman–Crippen MR) is 106 cm³/mol. The van der Waals surface area contributed by atoms with Gasteiger partial charge in [-0.3, -0.25) is 4.79 Å². The predicted octanol–water partition coefficient (Wildman–Crippen LogP) is 5.19. The van der Waals surface area contributed by atoms with Gasteiger partial charge >= 0.3 is 6.61 Å². The Morgan fingerprint density at radius 3 is 2.66 bits per heavy atom. The van der Waals surface area contributed by atoms with Gasteiger partial charge in [-0.1, -0.05) is 12.1 Å². The van der Waals surface area contributed by atoms with Crippen molar-refractivity contribution >= 4 is 11.6 Å². The molecule has 1 fully saturated rings. The molecule has 1 amide bonds. The number of carbonyl (C=O) groups excluding carboxylic acids is 1. The number of aryl methyl sites for hydroxylation is 1. The Morgan fingerprint density at radius 2 is 1.93 bits per heavy atom. The van der Waals surface area contributed by atoms with Gasteiger partial charge in [0.15, 0.2) is 11.5 Å². The third-order valence-electron chi connectivity index (χ3n) is 4.81. The summed E-state index contributed by atoms with van der Waals surface area (Å²) in [7, 11) is 1.36. The van der Waals surface area contributed by atoms with E-state index < -0.39 is 6.61 Å². The smallest absolute Gasteiger partial charge is 0.387 e. The van der Waals surface area contributed by atoms with Crippen LogP contribution in [0.25, 0.3) is 0 Å². The molecule has 2 aromatic rings. The molecule has 0 aromatic heterocycles. The Morgan fingerprint density at radius 1 is 1.14 bits per heavy atom. The average Bonchev–Trinajstić information content (AvgIpc) is 3.19. The maximum atomic E-state index is 12.5. The molecule has 0 saturated heterocycles. The van der Waals surface area contributed by atoms with Crippen LogP contribution >= 0.6 is 0 Å². The summed E-state index contributed by atoms with van der Waals surface area (Å²) in [5, 5.41) is 2.70. The lowest BCUT2D eigenvalue weighted by molar-refractivity contribution is -0.116. The van der Waals surface area contributed by atoms with Crippen molar-refractivity contribution in [3.8, 4) is 17.2 Å². The Kier molecular flexibility index (Phi) is 7.27. The highest BCUT2D eigenvalue weighted by molar-refractivity contribution is 5.91. The maximum absolute atomic E-state index is 12.5. The average molecular weight is 405 g/mol. The molecule has 0 unspecified atom stereocenters. The number of halogens is 2. The molecule has 5 nitrogen and oxygen atoms in total. The van der Waals surface area contributed by atoms with E-state index in [-0.39, 0.29) is 29.9 Å². The van der Waals surface area contributed by atoms with E-state index in [4.69, 9.17) is 9.47 Å². The molecule has 0 heterocycles. The highest BCUT2D eigenvalue weighted by Gasteiger charge is 2.16. The molecule has 29 heavy (non-hydrogen) atoms. The van der Waals surface area contributed by atoms with Crippen LogP contribution in [0.3, 0.4) is 0 Å². The Hall–Kier alpha value is -2.83. The van der Waals surface area contributed by atoms with Gasteiger partial charge in [-0.05, 0) is 61.9 Å². The lowest BCUT2D eigenvalue weighted by Crippen LogP contribution is -2.13. The standard InChI is InChI=1S/C22H25F2NO4/c1-27-19-11-10-16(14-20(19)29-22(23)24)25-21(26)12-9-15-5-4-8-18(13-15)28-17-6-2-3-7-17/h4-5,8,10-11,13-14,17,22H,2-3,6-7,9,12H2,1H3,(H,25,26). The summed E-state index contributed by atoms with van der Waals surface area (Å²) in [4.78, 5) is 12.3. The maximum Gasteiger partial charge on any atom is 0.387 e. The number of hydrogen-bond acceptors (Lipinski definition) is 4. The quantitative estimate of drug-likeness (QED) is 0.624. The molecule has 0 bridgehead atoms. The van der Waals surface area contributed by atoms with Crippen molar-refractivity contribution in [3.05, 3.63) is 48.0 Å². The van der Waals surface area contributed by atoms with Crippen molar-refractivity contribution in [1.29, 1.82) is 0 Å². The van der Waals surface area contributed by atoms with Crippen LogP contribution in [-0.2, 0) is 11.2 Å². The Balaban J connectivity index is 1.54. The normalized spacial score (nSPS) is 14.1. The van der Waals surface area contributed by atoms with E-state index in [1.54, 1.807) is 6.07 Å². The fourth-order valence-electron chi connectivity index (χ4n) is 3.40. The summed E-state index contributed by atoms with van der Waals surface area (Å²) in [6.45, 7) is -2.98. The number of rotatable bonds is 9. The number of alkyl halides is 2. The van der Waals surface area contributed by atoms with Gasteiger partial charge in [-0.15, -0.1) is 0 Å². The lowest BCUT2D eigenvalue weighted by Gasteiger charge is -2.14. The summed E-state index contributed by atoms with van der Waals surface area (Å²) in [5.41, 5.74) is 1.37. The fraction of sp³-hybridized carbons (Fsp3) is 0.409. The van der Waals surface area contributed by atoms with Gasteiger partial charge in [0.2, 0.25) is 5.91 Å². The molecular weight excluding hydrogens is 380 g/mol. The number of carbonyl (C=O) groups is 1. The molecule has 1 aliphatic carbocycles. The SMILES string of the molecule is COc1ccc(NC(=O)CCc2cccc(OC3CCCC3)c2)cc1OC(F)F. The van der Waals surface area contributed by atoms with E-state index in [0.29, 0.717) is 12.1 Å². The second kappa shape index (κ2) is 10.1. The van der Waals surface area contributed by atoms with E-state index in [1.165, 1.54) is 32.1 Å². The molecule has 3 rings (SSSR count). The first-order valence-electron chi connectivity index (χ1n) is 9.72. The Bertz CT molecular complexity index is 822. The first-order chi connectivity index (χ1) is 14.0. The number of hydrogen-bond donors (Lipinski definition) is 1. The fourth-order valence-corrected chi connectivity index (χ4v) is 3.40. The largest absolute Gasteiger partial charge is 0.493 e. The first kappa shape index (κ1) is 20.9. The van der Waals surface area contributed by atoms with Gasteiger partial charge in [0, 0.05) is 18.2 Å².